The second-order valence-electron chi connectivity index (χ2n) is 3.23. The maximum Gasteiger partial charge on any atom is 0.119 e. The molecule has 0 saturated heterocycles. The van der Waals surface area contributed by atoms with Crippen LogP contribution in [-0.4, -0.2) is 11.6 Å². The van der Waals surface area contributed by atoms with Gasteiger partial charge in [-0.1, -0.05) is 24.4 Å². The fraction of sp³-hybridized carbons (Fsp3) is 0.364. The molecule has 0 aromatic heterocycles. The number of aryl methyl sites for hydroxylation is 1. The third-order valence-corrected chi connectivity index (χ3v) is 2.03. The predicted octanol–water partition coefficient (Wildman–Crippen LogP) is 2.44. The quantitative estimate of drug-likeness (QED) is 0.597. The minimum absolute atomic E-state index is 0.554. The van der Waals surface area contributed by atoms with Crippen molar-refractivity contribution in [1.82, 2.24) is 0 Å². The van der Waals surface area contributed by atoms with Crippen LogP contribution in [0.2, 0.25) is 0 Å². The number of nitrogens with two attached hydrogens (primary N) is 1. The molecule has 0 spiro atoms. The van der Waals surface area contributed by atoms with Crippen LogP contribution in [0, 0.1) is 6.92 Å². The first-order valence-corrected chi connectivity index (χ1v) is 5.07. The van der Waals surface area contributed by atoms with Crippen LogP contribution in [0.3, 0.4) is 0 Å². The molecule has 0 aliphatic rings. The Morgan fingerprint density at radius 2 is 2.29 bits per heavy atom. The van der Waals surface area contributed by atoms with Gasteiger partial charge < -0.3 is 10.5 Å². The van der Waals surface area contributed by atoms with Crippen LogP contribution in [0.1, 0.15) is 18.4 Å². The standard InChI is InChI=1S/C11H15NOS/c1-9-4-2-5-10(8-9)13-7-3-6-11(12)14/h2,4-5,8H,3,6-7H2,1H3,(H2,12,14). The van der Waals surface area contributed by atoms with E-state index < -0.39 is 0 Å². The number of ether oxygens (including phenoxy) is 1. The van der Waals surface area contributed by atoms with Crippen LogP contribution < -0.4 is 10.5 Å². The summed E-state index contributed by atoms with van der Waals surface area (Å²) in [5.74, 6) is 0.910. The van der Waals surface area contributed by atoms with Gasteiger partial charge in [0.2, 0.25) is 0 Å². The Kier molecular flexibility index (Phi) is 4.40. The number of rotatable bonds is 5. The second kappa shape index (κ2) is 5.60. The van der Waals surface area contributed by atoms with Crippen molar-refractivity contribution in [2.75, 3.05) is 6.61 Å². The molecule has 1 aromatic rings. The molecule has 2 N–H and O–H groups in total. The van der Waals surface area contributed by atoms with Crippen molar-refractivity contribution in [2.45, 2.75) is 19.8 Å². The van der Waals surface area contributed by atoms with E-state index in [0.717, 1.165) is 18.6 Å². The number of benzene rings is 1. The first kappa shape index (κ1) is 11.0. The van der Waals surface area contributed by atoms with Gasteiger partial charge in [-0.15, -0.1) is 0 Å². The molecule has 0 heterocycles. The lowest BCUT2D eigenvalue weighted by molar-refractivity contribution is 0.313. The summed E-state index contributed by atoms with van der Waals surface area (Å²) in [7, 11) is 0. The monoisotopic (exact) mass is 209 g/mol. The first-order valence-electron chi connectivity index (χ1n) is 4.66. The Balaban J connectivity index is 2.28. The molecule has 14 heavy (non-hydrogen) atoms. The summed E-state index contributed by atoms with van der Waals surface area (Å²) in [6, 6.07) is 7.99. The summed E-state index contributed by atoms with van der Waals surface area (Å²) in [6.07, 6.45) is 1.63. The van der Waals surface area contributed by atoms with E-state index in [1.54, 1.807) is 0 Å². The molecule has 0 fully saturated rings. The van der Waals surface area contributed by atoms with Gasteiger partial charge in [-0.05, 0) is 31.0 Å². The van der Waals surface area contributed by atoms with Crippen LogP contribution in [-0.2, 0) is 0 Å². The molecule has 0 amide bonds. The van der Waals surface area contributed by atoms with Gasteiger partial charge >= 0.3 is 0 Å². The van der Waals surface area contributed by atoms with Crippen LogP contribution in [0.15, 0.2) is 24.3 Å². The van der Waals surface area contributed by atoms with E-state index in [-0.39, 0.29) is 0 Å². The Labute approximate surface area is 90.1 Å². The van der Waals surface area contributed by atoms with Gasteiger partial charge in [0.1, 0.15) is 5.75 Å². The molecule has 0 radical (unpaired) electrons. The van der Waals surface area contributed by atoms with Gasteiger partial charge in [0.05, 0.1) is 11.6 Å². The van der Waals surface area contributed by atoms with Gasteiger partial charge in [0, 0.05) is 6.42 Å². The molecule has 1 aromatic carbocycles. The summed E-state index contributed by atoms with van der Waals surface area (Å²) in [5, 5.41) is 0. The van der Waals surface area contributed by atoms with E-state index in [2.05, 4.69) is 0 Å². The first-order chi connectivity index (χ1) is 6.68. The third kappa shape index (κ3) is 4.23. The molecule has 76 valence electrons. The summed E-state index contributed by atoms with van der Waals surface area (Å²) < 4.78 is 5.52. The molecule has 0 aliphatic heterocycles. The van der Waals surface area contributed by atoms with Crippen LogP contribution >= 0.6 is 12.2 Å². The van der Waals surface area contributed by atoms with Gasteiger partial charge in [-0.25, -0.2) is 0 Å². The highest BCUT2D eigenvalue weighted by Gasteiger charge is 1.94. The lowest BCUT2D eigenvalue weighted by Crippen LogP contribution is -2.09. The third-order valence-electron chi connectivity index (χ3n) is 1.83. The van der Waals surface area contributed by atoms with Crippen molar-refractivity contribution in [3.05, 3.63) is 29.8 Å². The lowest BCUT2D eigenvalue weighted by Gasteiger charge is -2.05. The molecular weight excluding hydrogens is 194 g/mol. The van der Waals surface area contributed by atoms with Crippen molar-refractivity contribution in [3.8, 4) is 5.75 Å². The molecular formula is C11H15NOS. The van der Waals surface area contributed by atoms with Crippen molar-refractivity contribution >= 4 is 17.2 Å². The zero-order chi connectivity index (χ0) is 10.4. The van der Waals surface area contributed by atoms with Crippen LogP contribution in [0.25, 0.3) is 0 Å². The van der Waals surface area contributed by atoms with Gasteiger partial charge in [-0.2, -0.15) is 0 Å². The van der Waals surface area contributed by atoms with Crippen molar-refractivity contribution in [3.63, 3.8) is 0 Å². The average Bonchev–Trinajstić information content (AvgIpc) is 2.12. The van der Waals surface area contributed by atoms with Crippen molar-refractivity contribution in [1.29, 1.82) is 0 Å². The number of hydrogen-bond acceptors (Lipinski definition) is 2. The molecule has 0 bridgehead atoms. The SMILES string of the molecule is Cc1cccc(OCCCC(N)=S)c1. The zero-order valence-electron chi connectivity index (χ0n) is 8.32. The molecule has 3 heteroatoms. The van der Waals surface area contributed by atoms with E-state index >= 15 is 0 Å². The number of thiocarbonyl (C=S) groups is 1. The summed E-state index contributed by atoms with van der Waals surface area (Å²) in [6.45, 7) is 2.71. The number of hydrogen-bond donors (Lipinski definition) is 1. The van der Waals surface area contributed by atoms with E-state index in [4.69, 9.17) is 22.7 Å². The Bertz CT molecular complexity index is 312. The maximum atomic E-state index is 5.52. The van der Waals surface area contributed by atoms with E-state index in [1.165, 1.54) is 5.56 Å². The van der Waals surface area contributed by atoms with Crippen molar-refractivity contribution < 1.29 is 4.74 Å². The average molecular weight is 209 g/mol. The fourth-order valence-corrected chi connectivity index (χ4v) is 1.29. The predicted molar refractivity (Wildman–Crippen MR) is 62.7 cm³/mol. The minimum atomic E-state index is 0.554. The zero-order valence-corrected chi connectivity index (χ0v) is 9.14. The summed E-state index contributed by atoms with van der Waals surface area (Å²) >= 11 is 4.77. The molecule has 0 aliphatic carbocycles. The maximum absolute atomic E-state index is 5.52. The molecule has 0 unspecified atom stereocenters. The molecule has 0 saturated carbocycles. The Morgan fingerprint density at radius 1 is 1.50 bits per heavy atom. The minimum Gasteiger partial charge on any atom is -0.494 e. The van der Waals surface area contributed by atoms with Crippen LogP contribution in [0.4, 0.5) is 0 Å². The second-order valence-corrected chi connectivity index (χ2v) is 3.76. The highest BCUT2D eigenvalue weighted by Crippen LogP contribution is 2.12. The molecule has 0 atom stereocenters. The highest BCUT2D eigenvalue weighted by atomic mass is 32.1. The van der Waals surface area contributed by atoms with E-state index in [9.17, 15) is 0 Å². The summed E-state index contributed by atoms with van der Waals surface area (Å²) in [4.78, 5) is 0.554. The molecule has 1 rings (SSSR count). The fourth-order valence-electron chi connectivity index (χ4n) is 1.14. The highest BCUT2D eigenvalue weighted by molar-refractivity contribution is 7.80. The van der Waals surface area contributed by atoms with Crippen LogP contribution in [0.5, 0.6) is 5.75 Å². The lowest BCUT2D eigenvalue weighted by atomic mass is 10.2. The van der Waals surface area contributed by atoms with Gasteiger partial charge in [0.15, 0.2) is 0 Å². The largest absolute Gasteiger partial charge is 0.494 e. The van der Waals surface area contributed by atoms with E-state index in [1.807, 2.05) is 31.2 Å². The van der Waals surface area contributed by atoms with Gasteiger partial charge in [0.25, 0.3) is 0 Å². The smallest absolute Gasteiger partial charge is 0.119 e. The Hall–Kier alpha value is -1.09. The topological polar surface area (TPSA) is 35.2 Å². The Morgan fingerprint density at radius 3 is 2.93 bits per heavy atom. The van der Waals surface area contributed by atoms with Crippen molar-refractivity contribution in [2.24, 2.45) is 5.73 Å². The summed E-state index contributed by atoms with van der Waals surface area (Å²) in [5.41, 5.74) is 6.58. The molecule has 2 nitrogen and oxygen atoms in total. The van der Waals surface area contributed by atoms with E-state index in [0.29, 0.717) is 11.6 Å². The van der Waals surface area contributed by atoms with Gasteiger partial charge in [-0.3, -0.25) is 0 Å². The normalized spacial score (nSPS) is 9.79.